The van der Waals surface area contributed by atoms with Crippen LogP contribution in [0.15, 0.2) is 110 Å². The molecule has 28 heavy (non-hydrogen) atoms. The Kier molecular flexibility index (Phi) is 7.46. The molecule has 3 aromatic carbocycles. The lowest BCUT2D eigenvalue weighted by Gasteiger charge is -2.07. The van der Waals surface area contributed by atoms with Gasteiger partial charge in [0.25, 0.3) is 5.91 Å². The number of halogens is 1. The minimum Gasteiger partial charge on any atom is -0.268 e. The maximum atomic E-state index is 12.9. The van der Waals surface area contributed by atoms with E-state index in [0.717, 1.165) is 14.0 Å². The number of nitrogens with zero attached hydrogens (tertiary/aromatic N) is 1. The summed E-state index contributed by atoms with van der Waals surface area (Å²) < 4.78 is 13.7. The second kappa shape index (κ2) is 10.5. The minimum atomic E-state index is -0.333. The van der Waals surface area contributed by atoms with Crippen LogP contribution in [-0.4, -0.2) is 12.1 Å². The average Bonchev–Trinajstić information content (AvgIpc) is 2.71. The first-order valence-electron chi connectivity index (χ1n) is 8.45. The van der Waals surface area contributed by atoms with Crippen LogP contribution in [0.1, 0.15) is 5.56 Å². The highest BCUT2D eigenvalue weighted by Gasteiger charge is 2.07. The molecule has 0 radical (unpaired) electrons. The molecule has 0 unspecified atom stereocenters. The van der Waals surface area contributed by atoms with Crippen LogP contribution in [0.2, 0.25) is 0 Å². The van der Waals surface area contributed by atoms with Gasteiger partial charge in [-0.15, -0.1) is 0 Å². The van der Waals surface area contributed by atoms with Crippen LogP contribution in [0.3, 0.4) is 0 Å². The van der Waals surface area contributed by atoms with E-state index in [-0.39, 0.29) is 11.7 Å². The molecule has 0 aromatic heterocycles. The number of carbonyl (C=O) groups excluding carboxylic acids is 1. The first kappa shape index (κ1) is 19.9. The Morgan fingerprint density at radius 2 is 1.36 bits per heavy atom. The average molecular weight is 409 g/mol. The SMILES string of the molecule is O=C(C=C(Sc1ccccc1)Sc1ccccc1)N/N=C/c1ccc(F)cc1. The molecule has 0 spiro atoms. The van der Waals surface area contributed by atoms with Gasteiger partial charge < -0.3 is 0 Å². The molecule has 0 aliphatic rings. The molecule has 3 nitrogen and oxygen atoms in total. The predicted octanol–water partition coefficient (Wildman–Crippen LogP) is 5.70. The molecule has 3 rings (SSSR count). The van der Waals surface area contributed by atoms with E-state index in [9.17, 15) is 9.18 Å². The summed E-state index contributed by atoms with van der Waals surface area (Å²) in [6.45, 7) is 0. The summed E-state index contributed by atoms with van der Waals surface area (Å²) in [4.78, 5) is 14.4. The summed E-state index contributed by atoms with van der Waals surface area (Å²) in [5, 5.41) is 3.93. The van der Waals surface area contributed by atoms with Gasteiger partial charge in [-0.1, -0.05) is 72.1 Å². The van der Waals surface area contributed by atoms with Gasteiger partial charge in [-0.25, -0.2) is 9.82 Å². The smallest absolute Gasteiger partial charge is 0.265 e. The molecule has 0 saturated carbocycles. The fourth-order valence-corrected chi connectivity index (χ4v) is 4.27. The van der Waals surface area contributed by atoms with E-state index in [1.807, 2.05) is 60.7 Å². The normalized spacial score (nSPS) is 10.6. The summed E-state index contributed by atoms with van der Waals surface area (Å²) >= 11 is 3.03. The molecule has 0 fully saturated rings. The summed E-state index contributed by atoms with van der Waals surface area (Å²) in [5.41, 5.74) is 3.18. The summed E-state index contributed by atoms with van der Waals surface area (Å²) in [5.74, 6) is -0.648. The maximum Gasteiger partial charge on any atom is 0.265 e. The quantitative estimate of drug-likeness (QED) is 0.236. The monoisotopic (exact) mass is 408 g/mol. The first-order valence-corrected chi connectivity index (χ1v) is 10.1. The highest BCUT2D eigenvalue weighted by Crippen LogP contribution is 2.38. The zero-order valence-electron chi connectivity index (χ0n) is 14.8. The van der Waals surface area contributed by atoms with E-state index in [2.05, 4.69) is 10.5 Å². The largest absolute Gasteiger partial charge is 0.268 e. The number of benzene rings is 3. The van der Waals surface area contributed by atoms with Crippen LogP contribution in [-0.2, 0) is 4.79 Å². The number of hydrogen-bond donors (Lipinski definition) is 1. The predicted molar refractivity (Wildman–Crippen MR) is 115 cm³/mol. The molecule has 1 N–H and O–H groups in total. The summed E-state index contributed by atoms with van der Waals surface area (Å²) in [7, 11) is 0. The zero-order valence-corrected chi connectivity index (χ0v) is 16.4. The summed E-state index contributed by atoms with van der Waals surface area (Å²) in [6.07, 6.45) is 3.00. The van der Waals surface area contributed by atoms with E-state index in [1.165, 1.54) is 47.9 Å². The molecular formula is C22H17FN2OS2. The van der Waals surface area contributed by atoms with E-state index in [1.54, 1.807) is 12.1 Å². The Morgan fingerprint density at radius 1 is 0.821 bits per heavy atom. The molecule has 0 bridgehead atoms. The van der Waals surface area contributed by atoms with Crippen LogP contribution in [0.5, 0.6) is 0 Å². The Balaban J connectivity index is 1.69. The molecule has 1 amide bonds. The van der Waals surface area contributed by atoms with Crippen LogP contribution >= 0.6 is 23.5 Å². The van der Waals surface area contributed by atoms with E-state index < -0.39 is 0 Å². The lowest BCUT2D eigenvalue weighted by atomic mass is 10.2. The topological polar surface area (TPSA) is 41.5 Å². The number of amides is 1. The van der Waals surface area contributed by atoms with Crippen molar-refractivity contribution in [2.75, 3.05) is 0 Å². The van der Waals surface area contributed by atoms with Gasteiger partial charge in [0, 0.05) is 15.9 Å². The third-order valence-electron chi connectivity index (χ3n) is 3.43. The Bertz CT molecular complexity index is 915. The van der Waals surface area contributed by atoms with Crippen molar-refractivity contribution in [3.8, 4) is 0 Å². The number of thioether (sulfide) groups is 2. The van der Waals surface area contributed by atoms with E-state index in [4.69, 9.17) is 0 Å². The van der Waals surface area contributed by atoms with Gasteiger partial charge in [0.15, 0.2) is 0 Å². The Hall–Kier alpha value is -2.83. The fourth-order valence-electron chi connectivity index (χ4n) is 2.15. The fraction of sp³-hybridized carbons (Fsp3) is 0. The van der Waals surface area contributed by atoms with Crippen molar-refractivity contribution < 1.29 is 9.18 Å². The van der Waals surface area contributed by atoms with Crippen LogP contribution < -0.4 is 5.43 Å². The van der Waals surface area contributed by atoms with E-state index >= 15 is 0 Å². The molecule has 3 aromatic rings. The zero-order chi connectivity index (χ0) is 19.6. The van der Waals surface area contributed by atoms with Crippen molar-refractivity contribution in [1.29, 1.82) is 0 Å². The van der Waals surface area contributed by atoms with Crippen LogP contribution in [0.4, 0.5) is 4.39 Å². The number of hydrazone groups is 1. The molecule has 140 valence electrons. The van der Waals surface area contributed by atoms with Crippen molar-refractivity contribution in [3.63, 3.8) is 0 Å². The maximum absolute atomic E-state index is 12.9. The number of hydrogen-bond acceptors (Lipinski definition) is 4. The van der Waals surface area contributed by atoms with Gasteiger partial charge in [0.2, 0.25) is 0 Å². The molecule has 0 aliphatic carbocycles. The molecule has 0 atom stereocenters. The van der Waals surface area contributed by atoms with Crippen LogP contribution in [0.25, 0.3) is 0 Å². The Morgan fingerprint density at radius 3 is 1.89 bits per heavy atom. The minimum absolute atomic E-state index is 0.315. The standard InChI is InChI=1S/C22H17FN2OS2/c23-18-13-11-17(12-14-18)16-24-25-21(26)15-22(27-19-7-3-1-4-8-19)28-20-9-5-2-6-10-20/h1-16H,(H,25,26)/b24-16+. The number of carbonyl (C=O) groups is 1. The van der Waals surface area contributed by atoms with Gasteiger partial charge >= 0.3 is 0 Å². The second-order valence-electron chi connectivity index (χ2n) is 5.58. The first-order chi connectivity index (χ1) is 13.7. The molecule has 0 saturated heterocycles. The molecular weight excluding hydrogens is 391 g/mol. The lowest BCUT2D eigenvalue weighted by molar-refractivity contribution is -0.116. The van der Waals surface area contributed by atoms with Gasteiger partial charge in [-0.2, -0.15) is 5.10 Å². The van der Waals surface area contributed by atoms with Crippen molar-refractivity contribution in [2.24, 2.45) is 5.10 Å². The van der Waals surface area contributed by atoms with E-state index in [0.29, 0.717) is 5.56 Å². The van der Waals surface area contributed by atoms with Gasteiger partial charge in [0.05, 0.1) is 10.5 Å². The molecule has 6 heteroatoms. The van der Waals surface area contributed by atoms with Crippen molar-refractivity contribution in [3.05, 3.63) is 107 Å². The van der Waals surface area contributed by atoms with Crippen LogP contribution in [0, 0.1) is 5.82 Å². The van der Waals surface area contributed by atoms with Gasteiger partial charge in [0.1, 0.15) is 5.82 Å². The second-order valence-corrected chi connectivity index (χ2v) is 8.07. The Labute approximate surface area is 171 Å². The molecule has 0 heterocycles. The molecule has 0 aliphatic heterocycles. The highest BCUT2D eigenvalue weighted by molar-refractivity contribution is 8.22. The lowest BCUT2D eigenvalue weighted by Crippen LogP contribution is -2.14. The third kappa shape index (κ3) is 6.72. The van der Waals surface area contributed by atoms with Crippen molar-refractivity contribution >= 4 is 35.6 Å². The number of nitrogens with one attached hydrogen (secondary N) is 1. The van der Waals surface area contributed by atoms with Gasteiger partial charge in [-0.05, 0) is 42.0 Å². The number of rotatable bonds is 7. The summed E-state index contributed by atoms with van der Waals surface area (Å²) in [6, 6.07) is 25.6. The van der Waals surface area contributed by atoms with Crippen molar-refractivity contribution in [1.82, 2.24) is 5.43 Å². The van der Waals surface area contributed by atoms with Crippen molar-refractivity contribution in [2.45, 2.75) is 9.79 Å². The van der Waals surface area contributed by atoms with Gasteiger partial charge in [-0.3, -0.25) is 4.79 Å². The third-order valence-corrected chi connectivity index (χ3v) is 5.58. The highest BCUT2D eigenvalue weighted by atomic mass is 32.2.